The summed E-state index contributed by atoms with van der Waals surface area (Å²) in [6.07, 6.45) is 3.11. The van der Waals surface area contributed by atoms with Gasteiger partial charge in [-0.25, -0.2) is 4.39 Å². The Morgan fingerprint density at radius 3 is 2.44 bits per heavy atom. The van der Waals surface area contributed by atoms with E-state index in [4.69, 9.17) is 9.84 Å². The molecule has 0 unspecified atom stereocenters. The number of ether oxygens (including phenoxy) is 1. The summed E-state index contributed by atoms with van der Waals surface area (Å²) in [5, 5.41) is 14.9. The Balaban J connectivity index is 1.95. The van der Waals surface area contributed by atoms with Crippen molar-refractivity contribution in [2.45, 2.75) is 59.4 Å². The normalized spacial score (nSPS) is 13.5. The van der Waals surface area contributed by atoms with Gasteiger partial charge >= 0.3 is 0 Å². The molecule has 0 bridgehead atoms. The van der Waals surface area contributed by atoms with Crippen LogP contribution in [0.5, 0.6) is 5.75 Å². The van der Waals surface area contributed by atoms with Crippen LogP contribution in [0.15, 0.2) is 30.3 Å². The molecule has 0 spiro atoms. The number of carbonyl (C=O) groups excluding carboxylic acids is 2. The van der Waals surface area contributed by atoms with Gasteiger partial charge in [0.15, 0.2) is 0 Å². The van der Waals surface area contributed by atoms with Crippen LogP contribution >= 0.6 is 0 Å². The third-order valence-corrected chi connectivity index (χ3v) is 5.64. The van der Waals surface area contributed by atoms with Crippen molar-refractivity contribution in [3.8, 4) is 16.9 Å². The second kappa shape index (κ2) is 11.0. The molecule has 1 fully saturated rings. The van der Waals surface area contributed by atoms with Gasteiger partial charge in [-0.15, -0.1) is 0 Å². The summed E-state index contributed by atoms with van der Waals surface area (Å²) in [6.45, 7) is 8.69. The standard InChI is InChI=1S/C27H35FN2O4/c1-17-22(13-19(14-23(17)28)26(33)30-20-8-9-20)21-10-7-18(25(32)29-16-27(2,3)4)15-24(21)34-12-6-5-11-31/h7,10,13-15,20,31H,5-6,8-9,11-12,16H2,1-4H3,(H,29,32)(H,30,33). The number of halogens is 1. The van der Waals surface area contributed by atoms with Gasteiger partial charge in [-0.1, -0.05) is 20.8 Å². The number of hydrogen-bond acceptors (Lipinski definition) is 4. The monoisotopic (exact) mass is 470 g/mol. The van der Waals surface area contributed by atoms with Crippen molar-refractivity contribution in [1.29, 1.82) is 0 Å². The van der Waals surface area contributed by atoms with E-state index >= 15 is 0 Å². The highest BCUT2D eigenvalue weighted by molar-refractivity contribution is 5.98. The molecular formula is C27H35FN2O4. The molecule has 3 N–H and O–H groups in total. The molecule has 184 valence electrons. The molecule has 0 heterocycles. The number of amides is 2. The fraction of sp³-hybridized carbons (Fsp3) is 0.481. The third-order valence-electron chi connectivity index (χ3n) is 5.64. The predicted molar refractivity (Wildman–Crippen MR) is 131 cm³/mol. The van der Waals surface area contributed by atoms with Crippen LogP contribution in [0.4, 0.5) is 4.39 Å². The topological polar surface area (TPSA) is 87.7 Å². The molecular weight excluding hydrogens is 435 g/mol. The predicted octanol–water partition coefficient (Wildman–Crippen LogP) is 4.62. The smallest absolute Gasteiger partial charge is 0.251 e. The molecule has 2 aromatic carbocycles. The first-order valence-corrected chi connectivity index (χ1v) is 11.9. The summed E-state index contributed by atoms with van der Waals surface area (Å²) >= 11 is 0. The van der Waals surface area contributed by atoms with Crippen molar-refractivity contribution in [1.82, 2.24) is 10.6 Å². The Labute approximate surface area is 200 Å². The Morgan fingerprint density at radius 2 is 1.79 bits per heavy atom. The number of carbonyl (C=O) groups is 2. The Morgan fingerprint density at radius 1 is 1.06 bits per heavy atom. The van der Waals surface area contributed by atoms with Gasteiger partial charge in [-0.3, -0.25) is 9.59 Å². The van der Waals surface area contributed by atoms with E-state index < -0.39 is 5.82 Å². The van der Waals surface area contributed by atoms with Gasteiger partial charge < -0.3 is 20.5 Å². The van der Waals surface area contributed by atoms with Gasteiger partial charge in [-0.2, -0.15) is 0 Å². The molecule has 0 radical (unpaired) electrons. The summed E-state index contributed by atoms with van der Waals surface area (Å²) < 4.78 is 20.8. The largest absolute Gasteiger partial charge is 0.493 e. The summed E-state index contributed by atoms with van der Waals surface area (Å²) in [7, 11) is 0. The minimum absolute atomic E-state index is 0.0602. The lowest BCUT2D eigenvalue weighted by atomic mass is 9.95. The van der Waals surface area contributed by atoms with Crippen LogP contribution in [0.3, 0.4) is 0 Å². The minimum Gasteiger partial charge on any atom is -0.493 e. The molecule has 2 amide bonds. The van der Waals surface area contributed by atoms with Crippen molar-refractivity contribution in [2.24, 2.45) is 5.41 Å². The van der Waals surface area contributed by atoms with Crippen molar-refractivity contribution in [3.63, 3.8) is 0 Å². The van der Waals surface area contributed by atoms with E-state index in [0.29, 0.717) is 54.0 Å². The van der Waals surface area contributed by atoms with Gasteiger partial charge in [0.05, 0.1) is 6.61 Å². The van der Waals surface area contributed by atoms with E-state index in [1.165, 1.54) is 6.07 Å². The van der Waals surface area contributed by atoms with Crippen LogP contribution < -0.4 is 15.4 Å². The fourth-order valence-electron chi connectivity index (χ4n) is 3.44. The first-order chi connectivity index (χ1) is 16.1. The van der Waals surface area contributed by atoms with E-state index in [-0.39, 0.29) is 35.4 Å². The average Bonchev–Trinajstić information content (AvgIpc) is 3.60. The molecule has 1 saturated carbocycles. The van der Waals surface area contributed by atoms with Crippen LogP contribution in [0, 0.1) is 18.2 Å². The molecule has 6 nitrogen and oxygen atoms in total. The second-order valence-electron chi connectivity index (χ2n) is 10.1. The van der Waals surface area contributed by atoms with Crippen molar-refractivity contribution < 1.29 is 23.8 Å². The van der Waals surface area contributed by atoms with Gasteiger partial charge in [-0.05, 0) is 79.5 Å². The molecule has 0 aliphatic heterocycles. The number of benzene rings is 2. The van der Waals surface area contributed by atoms with Crippen molar-refractivity contribution >= 4 is 11.8 Å². The summed E-state index contributed by atoms with van der Waals surface area (Å²) in [5.74, 6) is -0.561. The highest BCUT2D eigenvalue weighted by atomic mass is 19.1. The van der Waals surface area contributed by atoms with Crippen LogP contribution in [0.25, 0.3) is 11.1 Å². The maximum atomic E-state index is 14.8. The van der Waals surface area contributed by atoms with Crippen LogP contribution in [-0.4, -0.2) is 42.7 Å². The van der Waals surface area contributed by atoms with E-state index in [1.54, 1.807) is 31.2 Å². The number of rotatable bonds is 10. The Hall–Kier alpha value is -2.93. The highest BCUT2D eigenvalue weighted by Crippen LogP contribution is 2.35. The SMILES string of the molecule is Cc1c(F)cc(C(=O)NC2CC2)cc1-c1ccc(C(=O)NCC(C)(C)C)cc1OCCCCO. The zero-order valence-corrected chi connectivity index (χ0v) is 20.5. The number of aliphatic hydroxyl groups is 1. The van der Waals surface area contributed by atoms with Crippen molar-refractivity contribution in [2.75, 3.05) is 19.8 Å². The molecule has 0 saturated heterocycles. The maximum absolute atomic E-state index is 14.8. The third kappa shape index (κ3) is 7.03. The van der Waals surface area contributed by atoms with Gasteiger partial charge in [0, 0.05) is 35.9 Å². The molecule has 34 heavy (non-hydrogen) atoms. The number of unbranched alkanes of at least 4 members (excludes halogenated alkanes) is 1. The zero-order chi connectivity index (χ0) is 24.9. The van der Waals surface area contributed by atoms with Gasteiger partial charge in [0.1, 0.15) is 11.6 Å². The van der Waals surface area contributed by atoms with Gasteiger partial charge in [0.2, 0.25) is 0 Å². The lowest BCUT2D eigenvalue weighted by molar-refractivity contribution is 0.0935. The Kier molecular flexibility index (Phi) is 8.31. The second-order valence-corrected chi connectivity index (χ2v) is 10.1. The highest BCUT2D eigenvalue weighted by Gasteiger charge is 2.25. The number of hydrogen-bond donors (Lipinski definition) is 3. The van der Waals surface area contributed by atoms with Crippen molar-refractivity contribution in [3.05, 3.63) is 52.8 Å². The minimum atomic E-state index is -0.475. The summed E-state index contributed by atoms with van der Waals surface area (Å²) in [4.78, 5) is 25.3. The van der Waals surface area contributed by atoms with E-state index in [0.717, 1.165) is 12.8 Å². The first-order valence-electron chi connectivity index (χ1n) is 11.9. The maximum Gasteiger partial charge on any atom is 0.251 e. The van der Waals surface area contributed by atoms with E-state index in [9.17, 15) is 14.0 Å². The van der Waals surface area contributed by atoms with E-state index in [2.05, 4.69) is 10.6 Å². The van der Waals surface area contributed by atoms with Crippen LogP contribution in [-0.2, 0) is 0 Å². The number of nitrogens with one attached hydrogen (secondary N) is 2. The lowest BCUT2D eigenvalue weighted by Crippen LogP contribution is -2.32. The quantitative estimate of drug-likeness (QED) is 0.442. The molecule has 0 atom stereocenters. The van der Waals surface area contributed by atoms with E-state index in [1.807, 2.05) is 20.8 Å². The summed E-state index contributed by atoms with van der Waals surface area (Å²) in [6, 6.07) is 8.16. The number of aliphatic hydroxyl groups excluding tert-OH is 1. The first kappa shape index (κ1) is 25.7. The zero-order valence-electron chi connectivity index (χ0n) is 20.5. The molecule has 1 aliphatic rings. The Bertz CT molecular complexity index is 1040. The van der Waals surface area contributed by atoms with Crippen LogP contribution in [0.2, 0.25) is 0 Å². The fourth-order valence-corrected chi connectivity index (χ4v) is 3.44. The molecule has 1 aliphatic carbocycles. The van der Waals surface area contributed by atoms with Gasteiger partial charge in [0.25, 0.3) is 11.8 Å². The molecule has 3 rings (SSSR count). The molecule has 2 aromatic rings. The lowest BCUT2D eigenvalue weighted by Gasteiger charge is -2.19. The van der Waals surface area contributed by atoms with Crippen LogP contribution in [0.1, 0.15) is 72.7 Å². The average molecular weight is 471 g/mol. The molecule has 0 aromatic heterocycles. The summed E-state index contributed by atoms with van der Waals surface area (Å²) in [5.41, 5.74) is 2.17. The molecule has 7 heteroatoms.